The Hall–Kier alpha value is -2.87. The third kappa shape index (κ3) is 4.08. The molecule has 1 aromatic heterocycles. The number of fused-ring (bicyclic) bond motifs is 3. The van der Waals surface area contributed by atoms with Crippen LogP contribution in [0.3, 0.4) is 0 Å². The maximum absolute atomic E-state index is 13.8. The summed E-state index contributed by atoms with van der Waals surface area (Å²) in [6, 6.07) is 14.3. The van der Waals surface area contributed by atoms with Crippen LogP contribution in [0.15, 0.2) is 48.5 Å². The van der Waals surface area contributed by atoms with Crippen molar-refractivity contribution < 1.29 is 14.7 Å². The van der Waals surface area contributed by atoms with Crippen molar-refractivity contribution in [3.8, 4) is 11.3 Å². The Balaban J connectivity index is 1.71. The molecule has 1 fully saturated rings. The molecular formula is C25H24Cl2N4O3. The molecule has 176 valence electrons. The second kappa shape index (κ2) is 9.41. The van der Waals surface area contributed by atoms with Crippen molar-refractivity contribution in [2.24, 2.45) is 0 Å². The molecule has 7 nitrogen and oxygen atoms in total. The number of rotatable bonds is 6. The maximum Gasteiger partial charge on any atom is 0.280 e. The van der Waals surface area contributed by atoms with Gasteiger partial charge in [-0.05, 0) is 49.1 Å². The van der Waals surface area contributed by atoms with Gasteiger partial charge in [0, 0.05) is 35.3 Å². The van der Waals surface area contributed by atoms with Gasteiger partial charge in [-0.25, -0.2) is 0 Å². The summed E-state index contributed by atoms with van der Waals surface area (Å²) in [5, 5.41) is 15.5. The molecule has 3 aromatic rings. The van der Waals surface area contributed by atoms with Crippen molar-refractivity contribution in [1.29, 1.82) is 0 Å². The van der Waals surface area contributed by atoms with Crippen LogP contribution in [0.5, 0.6) is 0 Å². The SMILES string of the molecule is O=C1c2c(c(-c3cccc(Cl)c3)nn2Cc2ccc(Cl)cc2)N2CCCC2C(=O)N1CCCO. The smallest absolute Gasteiger partial charge is 0.280 e. The number of anilines is 1. The number of benzene rings is 2. The number of hydrogen-bond donors (Lipinski definition) is 1. The highest BCUT2D eigenvalue weighted by Crippen LogP contribution is 2.41. The molecule has 1 unspecified atom stereocenters. The summed E-state index contributed by atoms with van der Waals surface area (Å²) in [5.74, 6) is -0.611. The number of hydrogen-bond acceptors (Lipinski definition) is 5. The van der Waals surface area contributed by atoms with Gasteiger partial charge in [0.1, 0.15) is 11.7 Å². The van der Waals surface area contributed by atoms with Crippen LogP contribution in [0.25, 0.3) is 11.3 Å². The summed E-state index contributed by atoms with van der Waals surface area (Å²) < 4.78 is 1.68. The van der Waals surface area contributed by atoms with E-state index in [0.29, 0.717) is 53.1 Å². The van der Waals surface area contributed by atoms with Crippen LogP contribution in [-0.2, 0) is 11.3 Å². The highest BCUT2D eigenvalue weighted by atomic mass is 35.5. The highest BCUT2D eigenvalue weighted by molar-refractivity contribution is 6.31. The molecule has 9 heteroatoms. The minimum atomic E-state index is -0.435. The average molecular weight is 499 g/mol. The molecule has 0 bridgehead atoms. The largest absolute Gasteiger partial charge is 0.396 e. The molecule has 2 aliphatic heterocycles. The Morgan fingerprint density at radius 1 is 1.06 bits per heavy atom. The lowest BCUT2D eigenvalue weighted by molar-refractivity contribution is -0.129. The van der Waals surface area contributed by atoms with Crippen molar-refractivity contribution >= 4 is 40.7 Å². The van der Waals surface area contributed by atoms with E-state index in [-0.39, 0.29) is 19.1 Å². The molecule has 34 heavy (non-hydrogen) atoms. The number of halogens is 2. The van der Waals surface area contributed by atoms with Crippen LogP contribution in [0.2, 0.25) is 10.0 Å². The van der Waals surface area contributed by atoms with E-state index in [1.165, 1.54) is 4.90 Å². The molecular weight excluding hydrogens is 475 g/mol. The third-order valence-electron chi connectivity index (χ3n) is 6.35. The van der Waals surface area contributed by atoms with Gasteiger partial charge < -0.3 is 10.0 Å². The second-order valence-electron chi connectivity index (χ2n) is 8.56. The molecule has 0 spiro atoms. The van der Waals surface area contributed by atoms with Gasteiger partial charge in [-0.2, -0.15) is 5.10 Å². The van der Waals surface area contributed by atoms with E-state index in [0.717, 1.165) is 17.5 Å². The van der Waals surface area contributed by atoms with Crippen molar-refractivity contribution in [1.82, 2.24) is 14.7 Å². The predicted molar refractivity (Wildman–Crippen MR) is 131 cm³/mol. The maximum atomic E-state index is 13.8. The zero-order chi connectivity index (χ0) is 23.8. The van der Waals surface area contributed by atoms with Gasteiger partial charge in [0.25, 0.3) is 11.8 Å². The lowest BCUT2D eigenvalue weighted by Gasteiger charge is -2.26. The summed E-state index contributed by atoms with van der Waals surface area (Å²) in [5.41, 5.74) is 3.39. The second-order valence-corrected chi connectivity index (χ2v) is 9.44. The first-order valence-corrected chi connectivity index (χ1v) is 12.1. The van der Waals surface area contributed by atoms with Crippen LogP contribution in [0.1, 0.15) is 35.3 Å². The van der Waals surface area contributed by atoms with Crippen LogP contribution < -0.4 is 4.90 Å². The summed E-state index contributed by atoms with van der Waals surface area (Å²) in [6.07, 6.45) is 1.83. The quantitative estimate of drug-likeness (QED) is 0.514. The third-order valence-corrected chi connectivity index (χ3v) is 6.84. The van der Waals surface area contributed by atoms with Crippen LogP contribution in [0.4, 0.5) is 5.69 Å². The molecule has 2 aromatic carbocycles. The van der Waals surface area contributed by atoms with Gasteiger partial charge in [0.05, 0.1) is 12.2 Å². The van der Waals surface area contributed by atoms with Crippen molar-refractivity contribution in [2.75, 3.05) is 24.6 Å². The highest BCUT2D eigenvalue weighted by Gasteiger charge is 2.45. The summed E-state index contributed by atoms with van der Waals surface area (Å²) in [6.45, 7) is 1.06. The fourth-order valence-corrected chi connectivity index (χ4v) is 5.10. The zero-order valence-corrected chi connectivity index (χ0v) is 20.0. The number of aliphatic hydroxyl groups is 1. The fraction of sp³-hybridized carbons (Fsp3) is 0.320. The molecule has 1 atom stereocenters. The molecule has 1 N–H and O–H groups in total. The monoisotopic (exact) mass is 498 g/mol. The molecule has 2 aliphatic rings. The predicted octanol–water partition coefficient (Wildman–Crippen LogP) is 4.24. The van der Waals surface area contributed by atoms with E-state index in [2.05, 4.69) is 0 Å². The van der Waals surface area contributed by atoms with Crippen LogP contribution in [-0.4, -0.2) is 57.3 Å². The standard InChI is InChI=1S/C25H24Cl2N4O3/c26-18-9-7-16(8-10-18)15-31-23-22(21(28-31)17-4-1-5-19(27)14-17)29-11-2-6-20(29)24(33)30(25(23)34)12-3-13-32/h1,4-5,7-10,14,20,32H,2-3,6,11-13,15H2. The Kier molecular flexibility index (Phi) is 6.34. The first-order valence-electron chi connectivity index (χ1n) is 11.3. The number of nitrogens with zero attached hydrogens (tertiary/aromatic N) is 4. The van der Waals surface area contributed by atoms with Gasteiger partial charge in [-0.3, -0.25) is 19.2 Å². The number of aliphatic hydroxyl groups excluding tert-OH is 1. The molecule has 0 saturated carbocycles. The number of carbonyl (C=O) groups is 2. The molecule has 5 rings (SSSR count). The lowest BCUT2D eigenvalue weighted by Crippen LogP contribution is -2.46. The normalized spacial score (nSPS) is 17.7. The Morgan fingerprint density at radius 2 is 1.85 bits per heavy atom. The number of carbonyl (C=O) groups excluding carboxylic acids is 2. The molecule has 3 heterocycles. The van der Waals surface area contributed by atoms with Gasteiger partial charge in [0.2, 0.25) is 0 Å². The Morgan fingerprint density at radius 3 is 2.59 bits per heavy atom. The number of imide groups is 1. The van der Waals surface area contributed by atoms with Crippen LogP contribution >= 0.6 is 23.2 Å². The van der Waals surface area contributed by atoms with Crippen molar-refractivity contribution in [3.05, 3.63) is 69.8 Å². The zero-order valence-electron chi connectivity index (χ0n) is 18.5. The lowest BCUT2D eigenvalue weighted by atomic mass is 10.1. The number of aromatic nitrogens is 2. The minimum Gasteiger partial charge on any atom is -0.396 e. The van der Waals surface area contributed by atoms with E-state index in [1.807, 2.05) is 35.2 Å². The fourth-order valence-electron chi connectivity index (χ4n) is 4.78. The van der Waals surface area contributed by atoms with E-state index < -0.39 is 11.9 Å². The molecule has 1 saturated heterocycles. The summed E-state index contributed by atoms with van der Waals surface area (Å²) in [4.78, 5) is 30.6. The topological polar surface area (TPSA) is 78.7 Å². The van der Waals surface area contributed by atoms with E-state index in [1.54, 1.807) is 22.9 Å². The molecule has 2 amide bonds. The van der Waals surface area contributed by atoms with Gasteiger partial charge in [-0.1, -0.05) is 47.5 Å². The summed E-state index contributed by atoms with van der Waals surface area (Å²) >= 11 is 12.3. The Bertz CT molecular complexity index is 1240. The van der Waals surface area contributed by atoms with E-state index in [9.17, 15) is 14.7 Å². The minimum absolute atomic E-state index is 0.101. The van der Waals surface area contributed by atoms with Gasteiger partial charge in [-0.15, -0.1) is 0 Å². The van der Waals surface area contributed by atoms with E-state index >= 15 is 0 Å². The van der Waals surface area contributed by atoms with Crippen molar-refractivity contribution in [3.63, 3.8) is 0 Å². The Labute approximate surface area is 207 Å². The average Bonchev–Trinajstić information content (AvgIpc) is 3.43. The summed E-state index contributed by atoms with van der Waals surface area (Å²) in [7, 11) is 0. The molecule has 0 radical (unpaired) electrons. The van der Waals surface area contributed by atoms with Gasteiger partial charge in [0.15, 0.2) is 5.69 Å². The number of amides is 2. The van der Waals surface area contributed by atoms with Crippen LogP contribution in [0, 0.1) is 0 Å². The van der Waals surface area contributed by atoms with Crippen molar-refractivity contribution in [2.45, 2.75) is 31.8 Å². The van der Waals surface area contributed by atoms with Gasteiger partial charge >= 0.3 is 0 Å². The first-order chi connectivity index (χ1) is 16.5. The van der Waals surface area contributed by atoms with E-state index in [4.69, 9.17) is 28.3 Å². The molecule has 0 aliphatic carbocycles. The first kappa shape index (κ1) is 22.9.